The molecule has 1 heterocycles. The molecule has 142 valence electrons. The largest absolute Gasteiger partial charge is 0.481 e. The van der Waals surface area contributed by atoms with Crippen molar-refractivity contribution in [3.8, 4) is 5.75 Å². The number of likely N-dealkylation sites (tertiary alicyclic amines) is 1. The zero-order valence-corrected chi connectivity index (χ0v) is 15.9. The summed E-state index contributed by atoms with van der Waals surface area (Å²) in [5.41, 5.74) is 0. The van der Waals surface area contributed by atoms with E-state index in [2.05, 4.69) is 0 Å². The van der Waals surface area contributed by atoms with Crippen molar-refractivity contribution in [1.82, 2.24) is 9.96 Å². The summed E-state index contributed by atoms with van der Waals surface area (Å²) >= 11 is 5.82. The average Bonchev–Trinajstić information content (AvgIpc) is 3.06. The van der Waals surface area contributed by atoms with Gasteiger partial charge in [-0.05, 0) is 37.6 Å². The van der Waals surface area contributed by atoms with Crippen LogP contribution in [0.15, 0.2) is 24.3 Å². The highest BCUT2D eigenvalue weighted by atomic mass is 35.5. The Morgan fingerprint density at radius 3 is 2.46 bits per heavy atom. The molecule has 2 unspecified atom stereocenters. The number of imide groups is 1. The summed E-state index contributed by atoms with van der Waals surface area (Å²) in [6.45, 7) is 5.72. The van der Waals surface area contributed by atoms with Gasteiger partial charge in [0.25, 0.3) is 5.91 Å². The highest BCUT2D eigenvalue weighted by Crippen LogP contribution is 2.19. The number of halogens is 1. The Balaban J connectivity index is 1.91. The predicted molar refractivity (Wildman–Crippen MR) is 95.4 cm³/mol. The van der Waals surface area contributed by atoms with E-state index in [9.17, 15) is 14.4 Å². The van der Waals surface area contributed by atoms with Crippen LogP contribution in [0.1, 0.15) is 27.2 Å². The van der Waals surface area contributed by atoms with Gasteiger partial charge in [0.1, 0.15) is 5.75 Å². The van der Waals surface area contributed by atoms with Gasteiger partial charge in [-0.1, -0.05) is 11.6 Å². The first-order valence-corrected chi connectivity index (χ1v) is 8.81. The molecule has 0 spiro atoms. The van der Waals surface area contributed by atoms with E-state index in [0.29, 0.717) is 23.9 Å². The minimum absolute atomic E-state index is 0.0111. The maximum absolute atomic E-state index is 12.5. The van der Waals surface area contributed by atoms with Gasteiger partial charge in [0.15, 0.2) is 6.10 Å². The van der Waals surface area contributed by atoms with Crippen LogP contribution in [0.3, 0.4) is 0 Å². The van der Waals surface area contributed by atoms with Crippen LogP contribution in [0.2, 0.25) is 5.02 Å². The van der Waals surface area contributed by atoms with Crippen LogP contribution in [0.5, 0.6) is 5.75 Å². The van der Waals surface area contributed by atoms with Crippen LogP contribution < -0.4 is 4.74 Å². The minimum Gasteiger partial charge on any atom is -0.481 e. The second-order valence-electron chi connectivity index (χ2n) is 6.28. The van der Waals surface area contributed by atoms with Gasteiger partial charge in [0, 0.05) is 37.9 Å². The molecule has 3 amide bonds. The minimum atomic E-state index is -0.905. The quantitative estimate of drug-likeness (QED) is 0.705. The van der Waals surface area contributed by atoms with Crippen molar-refractivity contribution in [2.45, 2.75) is 33.3 Å². The zero-order chi connectivity index (χ0) is 19.3. The fourth-order valence-electron chi connectivity index (χ4n) is 2.68. The highest BCUT2D eigenvalue weighted by molar-refractivity contribution is 6.30. The fraction of sp³-hybridized carbons (Fsp3) is 0.500. The molecule has 0 N–H and O–H groups in total. The predicted octanol–water partition coefficient (Wildman–Crippen LogP) is 2.28. The first kappa shape index (κ1) is 20.2. The Morgan fingerprint density at radius 2 is 1.92 bits per heavy atom. The van der Waals surface area contributed by atoms with Crippen LogP contribution >= 0.6 is 11.6 Å². The molecule has 0 radical (unpaired) electrons. The smallest absolute Gasteiger partial charge is 0.294 e. The number of amides is 3. The van der Waals surface area contributed by atoms with E-state index in [4.69, 9.17) is 21.2 Å². The third-order valence-electron chi connectivity index (χ3n) is 4.13. The summed E-state index contributed by atoms with van der Waals surface area (Å²) in [6.07, 6.45) is -0.131. The topological polar surface area (TPSA) is 76.2 Å². The molecule has 1 fully saturated rings. The van der Waals surface area contributed by atoms with E-state index in [1.165, 1.54) is 13.8 Å². The second kappa shape index (κ2) is 9.00. The molecule has 2 rings (SSSR count). The number of hydrogen-bond donors (Lipinski definition) is 0. The summed E-state index contributed by atoms with van der Waals surface area (Å²) in [7, 11) is 0. The van der Waals surface area contributed by atoms with Crippen molar-refractivity contribution in [2.24, 2.45) is 5.92 Å². The zero-order valence-electron chi connectivity index (χ0n) is 15.1. The van der Waals surface area contributed by atoms with Gasteiger partial charge in [0.2, 0.25) is 11.8 Å². The number of benzene rings is 1. The number of carbonyl (C=O) groups is 3. The molecule has 7 nitrogen and oxygen atoms in total. The summed E-state index contributed by atoms with van der Waals surface area (Å²) in [4.78, 5) is 42.8. The van der Waals surface area contributed by atoms with E-state index < -0.39 is 17.9 Å². The molecule has 1 aliphatic heterocycles. The average molecular weight is 383 g/mol. The molecule has 1 aromatic rings. The molecule has 8 heteroatoms. The van der Waals surface area contributed by atoms with Crippen molar-refractivity contribution < 1.29 is 24.0 Å². The summed E-state index contributed by atoms with van der Waals surface area (Å²) in [6, 6.07) is 6.57. The van der Waals surface area contributed by atoms with Crippen molar-refractivity contribution >= 4 is 29.3 Å². The Hall–Kier alpha value is -2.12. The van der Waals surface area contributed by atoms with E-state index in [0.717, 1.165) is 11.5 Å². The van der Waals surface area contributed by atoms with Gasteiger partial charge in [-0.3, -0.25) is 19.2 Å². The van der Waals surface area contributed by atoms with Crippen LogP contribution in [0.25, 0.3) is 0 Å². The monoisotopic (exact) mass is 382 g/mol. The third kappa shape index (κ3) is 5.44. The SMILES string of the molecule is CC(=O)N1CCC(CON(C(C)=O)C(=O)C(C)Oc2ccc(Cl)cc2)C1. The molecule has 1 saturated heterocycles. The second-order valence-corrected chi connectivity index (χ2v) is 6.72. The van der Waals surface area contributed by atoms with Gasteiger partial charge in [0.05, 0.1) is 6.61 Å². The lowest BCUT2D eigenvalue weighted by atomic mass is 10.1. The number of hydroxylamine groups is 2. The molecular formula is C18H23ClN2O5. The van der Waals surface area contributed by atoms with E-state index in [-0.39, 0.29) is 18.4 Å². The fourth-order valence-corrected chi connectivity index (χ4v) is 2.80. The Morgan fingerprint density at radius 1 is 1.27 bits per heavy atom. The number of rotatable bonds is 6. The number of carbonyl (C=O) groups excluding carboxylic acids is 3. The molecule has 0 aromatic heterocycles. The molecule has 1 aliphatic rings. The maximum Gasteiger partial charge on any atom is 0.294 e. The lowest BCUT2D eigenvalue weighted by Gasteiger charge is -2.24. The Labute approximate surface area is 157 Å². The van der Waals surface area contributed by atoms with Gasteiger partial charge >= 0.3 is 0 Å². The number of ether oxygens (including phenoxy) is 1. The molecule has 0 bridgehead atoms. The highest BCUT2D eigenvalue weighted by Gasteiger charge is 2.30. The first-order chi connectivity index (χ1) is 12.3. The first-order valence-electron chi connectivity index (χ1n) is 8.43. The molecule has 0 aliphatic carbocycles. The lowest BCUT2D eigenvalue weighted by Crippen LogP contribution is -2.44. The molecular weight excluding hydrogens is 360 g/mol. The third-order valence-corrected chi connectivity index (χ3v) is 4.38. The van der Waals surface area contributed by atoms with Crippen LogP contribution in [-0.4, -0.2) is 53.5 Å². The van der Waals surface area contributed by atoms with Gasteiger partial charge in [-0.25, -0.2) is 0 Å². The number of hydrogen-bond acceptors (Lipinski definition) is 5. The van der Waals surface area contributed by atoms with Crippen molar-refractivity contribution in [3.63, 3.8) is 0 Å². The standard InChI is InChI=1S/C18H23ClN2O5/c1-12(26-17-6-4-16(19)5-7-17)18(24)21(14(3)23)25-11-15-8-9-20(10-15)13(2)22/h4-7,12,15H,8-11H2,1-3H3. The van der Waals surface area contributed by atoms with E-state index in [1.807, 2.05) is 0 Å². The molecule has 1 aromatic carbocycles. The van der Waals surface area contributed by atoms with E-state index in [1.54, 1.807) is 36.1 Å². The van der Waals surface area contributed by atoms with Crippen LogP contribution in [-0.2, 0) is 19.2 Å². The Bertz CT molecular complexity index is 664. The Kier molecular flexibility index (Phi) is 6.99. The van der Waals surface area contributed by atoms with Crippen molar-refractivity contribution in [3.05, 3.63) is 29.3 Å². The summed E-state index contributed by atoms with van der Waals surface area (Å²) < 4.78 is 5.55. The molecule has 26 heavy (non-hydrogen) atoms. The van der Waals surface area contributed by atoms with Gasteiger partial charge in [-0.15, -0.1) is 0 Å². The molecule has 0 saturated carbocycles. The maximum atomic E-state index is 12.5. The van der Waals surface area contributed by atoms with E-state index >= 15 is 0 Å². The number of nitrogens with zero attached hydrogens (tertiary/aromatic N) is 2. The van der Waals surface area contributed by atoms with Crippen molar-refractivity contribution in [1.29, 1.82) is 0 Å². The van der Waals surface area contributed by atoms with Crippen LogP contribution in [0, 0.1) is 5.92 Å². The van der Waals surface area contributed by atoms with Crippen LogP contribution in [0.4, 0.5) is 0 Å². The molecule has 2 atom stereocenters. The van der Waals surface area contributed by atoms with Gasteiger partial charge < -0.3 is 9.64 Å². The van der Waals surface area contributed by atoms with Gasteiger partial charge in [-0.2, -0.15) is 5.06 Å². The lowest BCUT2D eigenvalue weighted by molar-refractivity contribution is -0.201. The summed E-state index contributed by atoms with van der Waals surface area (Å²) in [5, 5.41) is 1.29. The normalized spacial score (nSPS) is 17.7. The van der Waals surface area contributed by atoms with Crippen molar-refractivity contribution in [2.75, 3.05) is 19.7 Å². The summed E-state index contributed by atoms with van der Waals surface area (Å²) in [5.74, 6) is -0.554.